The summed E-state index contributed by atoms with van der Waals surface area (Å²) in [5.41, 5.74) is 2.37. The number of aryl methyl sites for hydroxylation is 1. The van der Waals surface area contributed by atoms with Gasteiger partial charge in [-0.1, -0.05) is 18.2 Å². The molecule has 0 aliphatic carbocycles. The van der Waals surface area contributed by atoms with Gasteiger partial charge in [-0.05, 0) is 55.7 Å². The molecule has 1 aliphatic heterocycles. The Bertz CT molecular complexity index is 758. The van der Waals surface area contributed by atoms with Crippen LogP contribution in [0.25, 0.3) is 0 Å². The van der Waals surface area contributed by atoms with Crippen LogP contribution in [0, 0.1) is 5.82 Å². The van der Waals surface area contributed by atoms with Crippen LogP contribution in [-0.4, -0.2) is 17.9 Å². The fourth-order valence-electron chi connectivity index (χ4n) is 2.96. The summed E-state index contributed by atoms with van der Waals surface area (Å²) < 4.78 is 13.0. The van der Waals surface area contributed by atoms with E-state index in [1.165, 1.54) is 24.3 Å². The van der Waals surface area contributed by atoms with Gasteiger partial charge in [-0.25, -0.2) is 4.39 Å². The second-order valence-corrected chi connectivity index (χ2v) is 5.92. The highest BCUT2D eigenvalue weighted by atomic mass is 19.1. The van der Waals surface area contributed by atoms with E-state index in [0.29, 0.717) is 12.1 Å². The number of anilines is 2. The molecule has 124 valence electrons. The maximum Gasteiger partial charge on any atom is 0.247 e. The molecule has 24 heavy (non-hydrogen) atoms. The van der Waals surface area contributed by atoms with Crippen LogP contribution in [0.2, 0.25) is 0 Å². The highest BCUT2D eigenvalue weighted by molar-refractivity contribution is 6.05. The number of para-hydroxylation sites is 1. The smallest absolute Gasteiger partial charge is 0.247 e. The molecule has 1 aliphatic rings. The maximum atomic E-state index is 13.0. The first kappa shape index (κ1) is 16.2. The zero-order valence-electron chi connectivity index (χ0n) is 13.5. The van der Waals surface area contributed by atoms with E-state index in [-0.39, 0.29) is 17.6 Å². The first-order chi connectivity index (χ1) is 11.6. The lowest BCUT2D eigenvalue weighted by molar-refractivity contribution is -0.123. The first-order valence-electron chi connectivity index (χ1n) is 8.02. The molecule has 0 aromatic heterocycles. The van der Waals surface area contributed by atoms with Crippen molar-refractivity contribution in [2.24, 2.45) is 0 Å². The number of rotatable bonds is 3. The van der Waals surface area contributed by atoms with E-state index in [2.05, 4.69) is 5.32 Å². The van der Waals surface area contributed by atoms with Gasteiger partial charge in [0.15, 0.2) is 0 Å². The molecule has 1 heterocycles. The predicted octanol–water partition coefficient (Wildman–Crippen LogP) is 3.52. The molecule has 1 unspecified atom stereocenters. The van der Waals surface area contributed by atoms with E-state index in [1.54, 1.807) is 11.8 Å². The molecule has 0 saturated carbocycles. The second-order valence-electron chi connectivity index (χ2n) is 5.92. The zero-order chi connectivity index (χ0) is 17.1. The standard InChI is InChI=1S/C19H19FN2O2/c1-13(19(24)21-16-11-9-15(20)10-12-16)22-17-7-3-2-5-14(17)6-4-8-18(22)23/h2-3,5,7,9-13H,4,6,8H2,1H3,(H,21,24). The first-order valence-corrected chi connectivity index (χ1v) is 8.02. The molecule has 1 atom stereocenters. The SMILES string of the molecule is CC(C(=O)Nc1ccc(F)cc1)N1C(=O)CCCc2ccccc21. The van der Waals surface area contributed by atoms with Gasteiger partial charge in [-0.3, -0.25) is 14.5 Å². The fourth-order valence-corrected chi connectivity index (χ4v) is 2.96. The highest BCUT2D eigenvalue weighted by Gasteiger charge is 2.30. The maximum absolute atomic E-state index is 13.0. The fraction of sp³-hybridized carbons (Fsp3) is 0.263. The molecule has 4 nitrogen and oxygen atoms in total. The van der Waals surface area contributed by atoms with Gasteiger partial charge in [0.2, 0.25) is 11.8 Å². The number of nitrogens with one attached hydrogen (secondary N) is 1. The molecule has 0 bridgehead atoms. The van der Waals surface area contributed by atoms with Crippen molar-refractivity contribution in [1.29, 1.82) is 0 Å². The number of hydrogen-bond donors (Lipinski definition) is 1. The van der Waals surface area contributed by atoms with Gasteiger partial charge >= 0.3 is 0 Å². The molecule has 3 rings (SSSR count). The largest absolute Gasteiger partial charge is 0.324 e. The van der Waals surface area contributed by atoms with Crippen LogP contribution >= 0.6 is 0 Å². The summed E-state index contributed by atoms with van der Waals surface area (Å²) in [7, 11) is 0. The van der Waals surface area contributed by atoms with Crippen LogP contribution < -0.4 is 10.2 Å². The number of amides is 2. The monoisotopic (exact) mass is 326 g/mol. The Hall–Kier alpha value is -2.69. The van der Waals surface area contributed by atoms with E-state index in [9.17, 15) is 14.0 Å². The van der Waals surface area contributed by atoms with E-state index in [1.807, 2.05) is 24.3 Å². The zero-order valence-corrected chi connectivity index (χ0v) is 13.5. The van der Waals surface area contributed by atoms with Crippen LogP contribution in [0.15, 0.2) is 48.5 Å². The van der Waals surface area contributed by atoms with Crippen molar-refractivity contribution >= 4 is 23.2 Å². The summed E-state index contributed by atoms with van der Waals surface area (Å²) in [5, 5.41) is 2.74. The average Bonchev–Trinajstić information content (AvgIpc) is 2.74. The Balaban J connectivity index is 1.84. The quantitative estimate of drug-likeness (QED) is 0.938. The number of nitrogens with zero attached hydrogens (tertiary/aromatic N) is 1. The summed E-state index contributed by atoms with van der Waals surface area (Å²) in [5.74, 6) is -0.717. The van der Waals surface area contributed by atoms with Gasteiger partial charge in [-0.2, -0.15) is 0 Å². The minimum absolute atomic E-state index is 0.0540. The summed E-state index contributed by atoms with van der Waals surface area (Å²) in [6.07, 6.45) is 2.02. The molecular weight excluding hydrogens is 307 g/mol. The molecule has 0 saturated heterocycles. The number of halogens is 1. The third-order valence-electron chi connectivity index (χ3n) is 4.24. The lowest BCUT2D eigenvalue weighted by Crippen LogP contribution is -2.45. The Labute approximate surface area is 140 Å². The lowest BCUT2D eigenvalue weighted by Gasteiger charge is -2.28. The Morgan fingerprint density at radius 3 is 2.58 bits per heavy atom. The van der Waals surface area contributed by atoms with Crippen LogP contribution in [0.1, 0.15) is 25.3 Å². The van der Waals surface area contributed by atoms with Crippen molar-refractivity contribution in [3.8, 4) is 0 Å². The summed E-state index contributed by atoms with van der Waals surface area (Å²) in [6.45, 7) is 1.71. The number of carbonyl (C=O) groups excluding carboxylic acids is 2. The number of fused-ring (bicyclic) bond motifs is 1. The van der Waals surface area contributed by atoms with Gasteiger partial charge in [-0.15, -0.1) is 0 Å². The van der Waals surface area contributed by atoms with Crippen molar-refractivity contribution in [2.45, 2.75) is 32.2 Å². The van der Waals surface area contributed by atoms with E-state index in [4.69, 9.17) is 0 Å². The number of benzene rings is 2. The van der Waals surface area contributed by atoms with E-state index >= 15 is 0 Å². The highest BCUT2D eigenvalue weighted by Crippen LogP contribution is 2.28. The molecular formula is C19H19FN2O2. The molecule has 0 fully saturated rings. The van der Waals surface area contributed by atoms with Crippen molar-refractivity contribution in [1.82, 2.24) is 0 Å². The third kappa shape index (κ3) is 3.30. The van der Waals surface area contributed by atoms with E-state index < -0.39 is 6.04 Å². The molecule has 2 amide bonds. The second kappa shape index (κ2) is 6.83. The van der Waals surface area contributed by atoms with Crippen molar-refractivity contribution in [3.05, 3.63) is 59.9 Å². The van der Waals surface area contributed by atoms with Crippen LogP contribution in [-0.2, 0) is 16.0 Å². The number of hydrogen-bond acceptors (Lipinski definition) is 2. The average molecular weight is 326 g/mol. The van der Waals surface area contributed by atoms with Crippen molar-refractivity contribution < 1.29 is 14.0 Å². The van der Waals surface area contributed by atoms with Crippen LogP contribution in [0.4, 0.5) is 15.8 Å². The van der Waals surface area contributed by atoms with Gasteiger partial charge in [0.05, 0.1) is 0 Å². The number of carbonyl (C=O) groups is 2. The summed E-state index contributed by atoms with van der Waals surface area (Å²) in [4.78, 5) is 26.7. The van der Waals surface area contributed by atoms with Crippen LogP contribution in [0.5, 0.6) is 0 Å². The normalized spacial score (nSPS) is 15.4. The van der Waals surface area contributed by atoms with Crippen LogP contribution in [0.3, 0.4) is 0 Å². The predicted molar refractivity (Wildman–Crippen MR) is 91.4 cm³/mol. The van der Waals surface area contributed by atoms with Crippen molar-refractivity contribution in [2.75, 3.05) is 10.2 Å². The minimum atomic E-state index is -0.651. The molecule has 0 radical (unpaired) electrons. The van der Waals surface area contributed by atoms with Gasteiger partial charge in [0, 0.05) is 17.8 Å². The van der Waals surface area contributed by atoms with Crippen molar-refractivity contribution in [3.63, 3.8) is 0 Å². The lowest BCUT2D eigenvalue weighted by atomic mass is 10.1. The van der Waals surface area contributed by atoms with Gasteiger partial charge in [0.25, 0.3) is 0 Å². The van der Waals surface area contributed by atoms with Gasteiger partial charge in [0.1, 0.15) is 11.9 Å². The van der Waals surface area contributed by atoms with Gasteiger partial charge < -0.3 is 5.32 Å². The Morgan fingerprint density at radius 2 is 1.83 bits per heavy atom. The Kier molecular flexibility index (Phi) is 4.60. The van der Waals surface area contributed by atoms with E-state index in [0.717, 1.165) is 24.1 Å². The minimum Gasteiger partial charge on any atom is -0.324 e. The topological polar surface area (TPSA) is 49.4 Å². The molecule has 2 aromatic carbocycles. The third-order valence-corrected chi connectivity index (χ3v) is 4.24. The summed E-state index contributed by atoms with van der Waals surface area (Å²) in [6, 6.07) is 12.6. The molecule has 0 spiro atoms. The molecule has 2 aromatic rings. The molecule has 1 N–H and O–H groups in total. The molecule has 5 heteroatoms. The Morgan fingerprint density at radius 1 is 1.12 bits per heavy atom. The summed E-state index contributed by atoms with van der Waals surface area (Å²) >= 11 is 0.